The number of aromatic nitrogens is 3. The quantitative estimate of drug-likeness (QED) is 0.340. The third-order valence-corrected chi connectivity index (χ3v) is 4.66. The van der Waals surface area contributed by atoms with Gasteiger partial charge in [-0.3, -0.25) is 0 Å². The summed E-state index contributed by atoms with van der Waals surface area (Å²) in [5, 5.41) is 20.2. The fourth-order valence-corrected chi connectivity index (χ4v) is 3.05. The molecule has 2 heterocycles. The molecule has 0 bridgehead atoms. The maximum Gasteiger partial charge on any atom is 0.219 e. The van der Waals surface area contributed by atoms with Crippen LogP contribution in [0.5, 0.6) is 11.5 Å². The number of nitriles is 1. The molecule has 8 nitrogen and oxygen atoms in total. The second kappa shape index (κ2) is 9.11. The first kappa shape index (κ1) is 20.1. The van der Waals surface area contributed by atoms with E-state index in [4.69, 9.17) is 31.4 Å². The number of nitrogens with one attached hydrogen (secondary N) is 1. The third kappa shape index (κ3) is 4.55. The number of rotatable bonds is 7. The Morgan fingerprint density at radius 1 is 1.26 bits per heavy atom. The molecule has 0 aliphatic rings. The number of ether oxygens (including phenoxy) is 2. The lowest BCUT2D eigenvalue weighted by Crippen LogP contribution is -2.01. The predicted octanol–water partition coefficient (Wildman–Crippen LogP) is 4.54. The number of furan rings is 1. The Labute approximate surface area is 183 Å². The summed E-state index contributed by atoms with van der Waals surface area (Å²) >= 11 is 5.27. The molecule has 0 aliphatic carbocycles. The lowest BCUT2D eigenvalue weighted by atomic mass is 10.1. The molecule has 0 aliphatic heterocycles. The van der Waals surface area contributed by atoms with Gasteiger partial charge in [-0.25, -0.2) is 5.10 Å². The van der Waals surface area contributed by atoms with Gasteiger partial charge < -0.3 is 13.9 Å². The Morgan fingerprint density at radius 2 is 2.10 bits per heavy atom. The summed E-state index contributed by atoms with van der Waals surface area (Å²) in [7, 11) is 1.61. The summed E-state index contributed by atoms with van der Waals surface area (Å²) in [6.07, 6.45) is 3.23. The van der Waals surface area contributed by atoms with Crippen molar-refractivity contribution in [2.75, 3.05) is 7.11 Å². The van der Waals surface area contributed by atoms with Gasteiger partial charge in [-0.05, 0) is 72.4 Å². The predicted molar refractivity (Wildman–Crippen MR) is 117 cm³/mol. The van der Waals surface area contributed by atoms with E-state index in [-0.39, 0.29) is 0 Å². The van der Waals surface area contributed by atoms with Gasteiger partial charge in [0.1, 0.15) is 18.1 Å². The van der Waals surface area contributed by atoms with Crippen LogP contribution in [0, 0.1) is 16.1 Å². The highest BCUT2D eigenvalue weighted by Gasteiger charge is 2.11. The summed E-state index contributed by atoms with van der Waals surface area (Å²) in [6, 6.07) is 18.2. The van der Waals surface area contributed by atoms with Gasteiger partial charge in [0, 0.05) is 5.56 Å². The zero-order valence-electron chi connectivity index (χ0n) is 16.5. The number of nitrogens with zero attached hydrogens (tertiary/aromatic N) is 4. The van der Waals surface area contributed by atoms with Crippen molar-refractivity contribution in [1.29, 1.82) is 5.26 Å². The van der Waals surface area contributed by atoms with Gasteiger partial charge in [0.2, 0.25) is 10.6 Å². The van der Waals surface area contributed by atoms with Gasteiger partial charge in [-0.2, -0.15) is 15.0 Å². The highest BCUT2D eigenvalue weighted by Crippen LogP contribution is 2.22. The Kier molecular flexibility index (Phi) is 5.91. The first-order valence-electron chi connectivity index (χ1n) is 9.23. The van der Waals surface area contributed by atoms with Crippen LogP contribution in [-0.2, 0) is 6.61 Å². The molecule has 4 aromatic rings. The molecule has 0 radical (unpaired) electrons. The van der Waals surface area contributed by atoms with Crippen LogP contribution in [0.4, 0.5) is 0 Å². The lowest BCUT2D eigenvalue weighted by molar-refractivity contribution is 0.296. The van der Waals surface area contributed by atoms with Crippen LogP contribution < -0.4 is 9.47 Å². The monoisotopic (exact) mass is 431 g/mol. The van der Waals surface area contributed by atoms with E-state index in [2.05, 4.69) is 21.4 Å². The maximum absolute atomic E-state index is 8.90. The average molecular weight is 431 g/mol. The summed E-state index contributed by atoms with van der Waals surface area (Å²) in [5.74, 6) is 2.38. The molecule has 9 heteroatoms. The number of hydrogen-bond donors (Lipinski definition) is 1. The normalized spacial score (nSPS) is 10.8. The molecule has 0 fully saturated rings. The molecule has 4 rings (SSSR count). The van der Waals surface area contributed by atoms with E-state index in [0.717, 1.165) is 11.1 Å². The van der Waals surface area contributed by atoms with Crippen LogP contribution in [0.2, 0.25) is 0 Å². The molecule has 0 amide bonds. The van der Waals surface area contributed by atoms with Crippen molar-refractivity contribution >= 4 is 18.4 Å². The van der Waals surface area contributed by atoms with E-state index in [0.29, 0.717) is 40.0 Å². The van der Waals surface area contributed by atoms with Gasteiger partial charge in [-0.1, -0.05) is 0 Å². The van der Waals surface area contributed by atoms with E-state index in [9.17, 15) is 0 Å². The number of methoxy groups -OCH3 is 1. The van der Waals surface area contributed by atoms with Gasteiger partial charge in [0.05, 0.1) is 31.2 Å². The number of hydrogen-bond acceptors (Lipinski definition) is 7. The number of benzene rings is 2. The lowest BCUT2D eigenvalue weighted by Gasteiger charge is -2.11. The van der Waals surface area contributed by atoms with Gasteiger partial charge >= 0.3 is 0 Å². The van der Waals surface area contributed by atoms with E-state index < -0.39 is 0 Å². The van der Waals surface area contributed by atoms with Crippen molar-refractivity contribution in [3.05, 3.63) is 82.3 Å². The molecule has 1 N–H and O–H groups in total. The fraction of sp³-hybridized carbons (Fsp3) is 0.0909. The summed E-state index contributed by atoms with van der Waals surface area (Å²) in [6.45, 7) is 0.291. The van der Waals surface area contributed by atoms with Crippen LogP contribution in [0.3, 0.4) is 0 Å². The topological polar surface area (TPSA) is 101 Å². The molecule has 0 unspecified atom stereocenters. The second-order valence-electron chi connectivity index (χ2n) is 6.38. The highest BCUT2D eigenvalue weighted by atomic mass is 32.1. The highest BCUT2D eigenvalue weighted by molar-refractivity contribution is 7.71. The van der Waals surface area contributed by atoms with E-state index in [1.807, 2.05) is 18.2 Å². The maximum atomic E-state index is 8.90. The number of H-pyrrole nitrogens is 1. The van der Waals surface area contributed by atoms with Crippen LogP contribution in [-0.4, -0.2) is 28.2 Å². The van der Waals surface area contributed by atoms with E-state index in [1.165, 1.54) is 4.68 Å². The Balaban J connectivity index is 1.56. The van der Waals surface area contributed by atoms with Crippen molar-refractivity contribution in [2.45, 2.75) is 6.61 Å². The van der Waals surface area contributed by atoms with E-state index in [1.54, 1.807) is 56.0 Å². The standard InChI is InChI=1S/C22H17N5O3S/c1-28-19-9-6-16(11-17(19)14-30-18-7-4-15(12-23)5-8-18)13-24-27-21(25-26-22(27)31)20-3-2-10-29-20/h2-11,13H,14H2,1H3,(H,26,31)/b24-13+. The molecule has 31 heavy (non-hydrogen) atoms. The minimum absolute atomic E-state index is 0.291. The SMILES string of the molecule is COc1ccc(/C=N/n2c(-c3ccco3)n[nH]c2=S)cc1COc1ccc(C#N)cc1. The molecule has 2 aromatic heterocycles. The van der Waals surface area contributed by atoms with Crippen molar-refractivity contribution < 1.29 is 13.9 Å². The summed E-state index contributed by atoms with van der Waals surface area (Å²) in [4.78, 5) is 0. The minimum atomic E-state index is 0.291. The Morgan fingerprint density at radius 3 is 2.81 bits per heavy atom. The third-order valence-electron chi connectivity index (χ3n) is 4.40. The molecule has 0 saturated carbocycles. The molecule has 0 atom stereocenters. The zero-order chi connectivity index (χ0) is 21.6. The molecule has 0 saturated heterocycles. The molecular formula is C22H17N5O3S. The molecule has 154 valence electrons. The van der Waals surface area contributed by atoms with Crippen molar-refractivity contribution in [2.24, 2.45) is 5.10 Å². The second-order valence-corrected chi connectivity index (χ2v) is 6.77. The first-order valence-corrected chi connectivity index (χ1v) is 9.64. The summed E-state index contributed by atoms with van der Waals surface area (Å²) < 4.78 is 18.5. The van der Waals surface area contributed by atoms with Crippen molar-refractivity contribution in [3.8, 4) is 29.2 Å². The van der Waals surface area contributed by atoms with Crippen molar-refractivity contribution in [3.63, 3.8) is 0 Å². The van der Waals surface area contributed by atoms with Crippen LogP contribution in [0.25, 0.3) is 11.6 Å². The summed E-state index contributed by atoms with van der Waals surface area (Å²) in [5.41, 5.74) is 2.25. The molecular weight excluding hydrogens is 414 g/mol. The Bertz CT molecular complexity index is 1300. The fourth-order valence-electron chi connectivity index (χ4n) is 2.87. The van der Waals surface area contributed by atoms with Gasteiger partial charge in [0.25, 0.3) is 0 Å². The largest absolute Gasteiger partial charge is 0.496 e. The van der Waals surface area contributed by atoms with Crippen LogP contribution >= 0.6 is 12.2 Å². The average Bonchev–Trinajstić information content (AvgIpc) is 3.46. The van der Waals surface area contributed by atoms with E-state index >= 15 is 0 Å². The zero-order valence-corrected chi connectivity index (χ0v) is 17.3. The first-order chi connectivity index (χ1) is 15.2. The van der Waals surface area contributed by atoms with Crippen molar-refractivity contribution in [1.82, 2.24) is 14.9 Å². The van der Waals surface area contributed by atoms with Gasteiger partial charge in [-0.15, -0.1) is 5.10 Å². The Hall–Kier alpha value is -4.16. The smallest absolute Gasteiger partial charge is 0.219 e. The number of aromatic amines is 1. The van der Waals surface area contributed by atoms with Crippen LogP contribution in [0.1, 0.15) is 16.7 Å². The van der Waals surface area contributed by atoms with Crippen LogP contribution in [0.15, 0.2) is 70.4 Å². The molecule has 2 aromatic carbocycles. The minimum Gasteiger partial charge on any atom is -0.496 e. The molecule has 0 spiro atoms. The van der Waals surface area contributed by atoms with Gasteiger partial charge in [0.15, 0.2) is 5.76 Å².